The fourth-order valence-electron chi connectivity index (χ4n) is 4.70. The number of aromatic nitrogens is 5. The maximum absolute atomic E-state index is 9.17. The van der Waals surface area contributed by atoms with E-state index in [0.29, 0.717) is 12.5 Å². The minimum atomic E-state index is 0.223. The first-order chi connectivity index (χ1) is 15.1. The highest BCUT2D eigenvalue weighted by atomic mass is 16.5. The smallest absolute Gasteiger partial charge is 0.178 e. The number of aliphatic hydroxyl groups is 1. The molecule has 0 spiro atoms. The van der Waals surface area contributed by atoms with Crippen LogP contribution in [0.15, 0.2) is 30.7 Å². The average molecular weight is 423 g/mol. The van der Waals surface area contributed by atoms with Crippen molar-refractivity contribution in [3.63, 3.8) is 0 Å². The maximum atomic E-state index is 9.17. The van der Waals surface area contributed by atoms with Gasteiger partial charge in [-0.05, 0) is 63.4 Å². The van der Waals surface area contributed by atoms with Crippen molar-refractivity contribution in [2.45, 2.75) is 45.2 Å². The number of benzene rings is 1. The van der Waals surface area contributed by atoms with Crippen molar-refractivity contribution in [2.75, 3.05) is 32.8 Å². The molecule has 3 aromatic rings. The van der Waals surface area contributed by atoms with E-state index in [1.165, 1.54) is 5.56 Å². The second-order valence-electron chi connectivity index (χ2n) is 8.71. The molecule has 31 heavy (non-hydrogen) atoms. The molecule has 0 atom stereocenters. The Balaban J connectivity index is 1.43. The number of piperidine rings is 1. The van der Waals surface area contributed by atoms with E-state index in [0.717, 1.165) is 67.7 Å². The quantitative estimate of drug-likeness (QED) is 0.681. The lowest BCUT2D eigenvalue weighted by Gasteiger charge is -2.31. The summed E-state index contributed by atoms with van der Waals surface area (Å²) >= 11 is 0. The molecule has 2 aliphatic heterocycles. The summed E-state index contributed by atoms with van der Waals surface area (Å²) in [7, 11) is 0. The van der Waals surface area contributed by atoms with Gasteiger partial charge < -0.3 is 19.3 Å². The minimum Gasteiger partial charge on any atom is -0.491 e. The number of fused-ring (bicyclic) bond motifs is 3. The van der Waals surface area contributed by atoms with E-state index in [2.05, 4.69) is 57.8 Å². The Morgan fingerprint density at radius 2 is 2.00 bits per heavy atom. The van der Waals surface area contributed by atoms with Crippen LogP contribution in [0.5, 0.6) is 5.75 Å². The summed E-state index contributed by atoms with van der Waals surface area (Å²) in [6.07, 6.45) is 5.88. The highest BCUT2D eigenvalue weighted by Gasteiger charge is 2.25. The minimum absolute atomic E-state index is 0.223. The lowest BCUT2D eigenvalue weighted by atomic mass is 9.88. The monoisotopic (exact) mass is 422 g/mol. The molecule has 0 unspecified atom stereocenters. The Kier molecular flexibility index (Phi) is 5.50. The van der Waals surface area contributed by atoms with E-state index in [1.54, 1.807) is 6.33 Å². The summed E-state index contributed by atoms with van der Waals surface area (Å²) in [6.45, 7) is 8.64. The van der Waals surface area contributed by atoms with Gasteiger partial charge in [0.15, 0.2) is 5.82 Å². The standard InChI is InChI=1S/C23H30N6O2/c1-16(2)29-23(24-15-25-29)20-14-28-10-12-31-21-13-18(3-4-19(21)22(28)26-20)17-5-7-27(8-6-17)9-11-30/h3-4,13-17,30H,5-12H2,1-2H3. The molecule has 1 fully saturated rings. The lowest BCUT2D eigenvalue weighted by molar-refractivity contribution is 0.164. The van der Waals surface area contributed by atoms with E-state index >= 15 is 0 Å². The van der Waals surface area contributed by atoms with Crippen LogP contribution in [0, 0.1) is 0 Å². The van der Waals surface area contributed by atoms with Crippen LogP contribution in [0.2, 0.25) is 0 Å². The molecule has 5 rings (SSSR count). The number of aliphatic hydroxyl groups excluding tert-OH is 1. The third-order valence-corrected chi connectivity index (χ3v) is 6.38. The largest absolute Gasteiger partial charge is 0.491 e. The molecule has 0 amide bonds. The van der Waals surface area contributed by atoms with Crippen LogP contribution >= 0.6 is 0 Å². The summed E-state index contributed by atoms with van der Waals surface area (Å²) in [5, 5.41) is 13.5. The molecule has 2 aliphatic rings. The van der Waals surface area contributed by atoms with E-state index < -0.39 is 0 Å². The van der Waals surface area contributed by atoms with Gasteiger partial charge in [0.1, 0.15) is 30.2 Å². The Morgan fingerprint density at radius 1 is 1.16 bits per heavy atom. The number of hydrogen-bond donors (Lipinski definition) is 1. The van der Waals surface area contributed by atoms with Gasteiger partial charge in [0.2, 0.25) is 0 Å². The summed E-state index contributed by atoms with van der Waals surface area (Å²) < 4.78 is 10.2. The van der Waals surface area contributed by atoms with Gasteiger partial charge in [0.25, 0.3) is 0 Å². The fourth-order valence-corrected chi connectivity index (χ4v) is 4.70. The van der Waals surface area contributed by atoms with E-state index in [1.807, 2.05) is 4.68 Å². The molecule has 1 N–H and O–H groups in total. The maximum Gasteiger partial charge on any atom is 0.178 e. The first-order valence-corrected chi connectivity index (χ1v) is 11.2. The van der Waals surface area contributed by atoms with Crippen molar-refractivity contribution in [3.8, 4) is 28.7 Å². The van der Waals surface area contributed by atoms with Crippen molar-refractivity contribution in [1.29, 1.82) is 0 Å². The summed E-state index contributed by atoms with van der Waals surface area (Å²) in [5.41, 5.74) is 3.21. The number of likely N-dealkylation sites (tertiary alicyclic amines) is 1. The topological polar surface area (TPSA) is 81.2 Å². The Hall–Kier alpha value is -2.71. The summed E-state index contributed by atoms with van der Waals surface area (Å²) in [5.74, 6) is 3.16. The number of nitrogens with zero attached hydrogens (tertiary/aromatic N) is 6. The van der Waals surface area contributed by atoms with E-state index in [-0.39, 0.29) is 12.6 Å². The van der Waals surface area contributed by atoms with Gasteiger partial charge in [-0.2, -0.15) is 5.10 Å². The highest BCUT2D eigenvalue weighted by Crippen LogP contribution is 2.38. The molecule has 4 heterocycles. The van der Waals surface area contributed by atoms with Gasteiger partial charge in [-0.1, -0.05) is 6.07 Å². The number of imidazole rings is 1. The van der Waals surface area contributed by atoms with E-state index in [9.17, 15) is 5.11 Å². The third-order valence-electron chi connectivity index (χ3n) is 6.38. The molecule has 1 saturated heterocycles. The second-order valence-corrected chi connectivity index (χ2v) is 8.71. The van der Waals surface area contributed by atoms with Crippen LogP contribution in [-0.2, 0) is 6.54 Å². The highest BCUT2D eigenvalue weighted by molar-refractivity contribution is 5.69. The van der Waals surface area contributed by atoms with Gasteiger partial charge in [-0.25, -0.2) is 14.6 Å². The first-order valence-electron chi connectivity index (χ1n) is 11.2. The second kappa shape index (κ2) is 8.43. The van der Waals surface area contributed by atoms with Crippen LogP contribution in [0.1, 0.15) is 44.2 Å². The Labute approximate surface area is 182 Å². The molecule has 164 valence electrons. The van der Waals surface area contributed by atoms with Crippen LogP contribution < -0.4 is 4.74 Å². The van der Waals surface area contributed by atoms with Crippen LogP contribution in [-0.4, -0.2) is 67.2 Å². The number of rotatable bonds is 5. The van der Waals surface area contributed by atoms with Gasteiger partial charge in [-0.3, -0.25) is 0 Å². The van der Waals surface area contributed by atoms with Crippen molar-refractivity contribution < 1.29 is 9.84 Å². The predicted octanol–water partition coefficient (Wildman–Crippen LogP) is 2.95. The van der Waals surface area contributed by atoms with Crippen LogP contribution in [0.3, 0.4) is 0 Å². The first kappa shape index (κ1) is 20.2. The van der Waals surface area contributed by atoms with Crippen molar-refractivity contribution in [1.82, 2.24) is 29.2 Å². The molecule has 0 saturated carbocycles. The molecule has 8 heteroatoms. The molecule has 1 aromatic carbocycles. The normalized spacial score (nSPS) is 17.3. The van der Waals surface area contributed by atoms with Gasteiger partial charge in [0.05, 0.1) is 18.7 Å². The summed E-state index contributed by atoms with van der Waals surface area (Å²) in [4.78, 5) is 11.7. The van der Waals surface area contributed by atoms with Gasteiger partial charge in [-0.15, -0.1) is 0 Å². The third kappa shape index (κ3) is 3.85. The molecule has 2 aromatic heterocycles. The molecule has 0 radical (unpaired) electrons. The molecule has 0 aliphatic carbocycles. The zero-order valence-electron chi connectivity index (χ0n) is 18.2. The summed E-state index contributed by atoms with van der Waals surface area (Å²) in [6, 6.07) is 6.82. The van der Waals surface area contributed by atoms with Crippen LogP contribution in [0.4, 0.5) is 0 Å². The number of ether oxygens (including phenoxy) is 1. The SMILES string of the molecule is CC(C)n1ncnc1-c1cn2c(n1)-c1ccc(C3CCN(CCO)CC3)cc1OCC2. The average Bonchev–Trinajstić information content (AvgIpc) is 3.39. The lowest BCUT2D eigenvalue weighted by Crippen LogP contribution is -2.34. The van der Waals surface area contributed by atoms with Crippen molar-refractivity contribution in [3.05, 3.63) is 36.3 Å². The van der Waals surface area contributed by atoms with Gasteiger partial charge >= 0.3 is 0 Å². The van der Waals surface area contributed by atoms with E-state index in [4.69, 9.17) is 9.72 Å². The van der Waals surface area contributed by atoms with Crippen molar-refractivity contribution in [2.24, 2.45) is 0 Å². The zero-order chi connectivity index (χ0) is 21.4. The zero-order valence-corrected chi connectivity index (χ0v) is 18.2. The molecule has 8 nitrogen and oxygen atoms in total. The number of hydrogen-bond acceptors (Lipinski definition) is 6. The van der Waals surface area contributed by atoms with Crippen LogP contribution in [0.25, 0.3) is 22.9 Å². The predicted molar refractivity (Wildman–Crippen MR) is 118 cm³/mol. The number of β-amino-alcohol motifs (C(OH)–C–C–N with tert-alkyl or cyclic N) is 1. The fraction of sp³-hybridized carbons (Fsp3) is 0.522. The Bertz CT molecular complexity index is 1050. The Morgan fingerprint density at radius 3 is 2.77 bits per heavy atom. The van der Waals surface area contributed by atoms with Crippen molar-refractivity contribution >= 4 is 0 Å². The molecular weight excluding hydrogens is 392 g/mol. The van der Waals surface area contributed by atoms with Gasteiger partial charge in [0, 0.05) is 18.8 Å². The molecule has 0 bridgehead atoms. The molecular formula is C23H30N6O2.